The number of thioether (sulfide) groups is 1. The van der Waals surface area contributed by atoms with Gasteiger partial charge < -0.3 is 5.32 Å². The van der Waals surface area contributed by atoms with Gasteiger partial charge in [0.05, 0.1) is 15.8 Å². The van der Waals surface area contributed by atoms with Crippen molar-refractivity contribution >= 4 is 29.3 Å². The van der Waals surface area contributed by atoms with Gasteiger partial charge in [0.2, 0.25) is 5.91 Å². The summed E-state index contributed by atoms with van der Waals surface area (Å²) in [6.07, 6.45) is 5.19. The Balaban J connectivity index is 1.79. The molecule has 20 heavy (non-hydrogen) atoms. The predicted octanol–water partition coefficient (Wildman–Crippen LogP) is 3.77. The number of halogens is 1. The van der Waals surface area contributed by atoms with E-state index in [0.717, 1.165) is 11.4 Å². The van der Waals surface area contributed by atoms with Crippen LogP contribution in [0.15, 0.2) is 23.4 Å². The largest absolute Gasteiger partial charge is 0.352 e. The quantitative estimate of drug-likeness (QED) is 0.861. The van der Waals surface area contributed by atoms with E-state index in [1.807, 2.05) is 6.07 Å². The van der Waals surface area contributed by atoms with Gasteiger partial charge in [-0.25, -0.2) is 4.98 Å². The smallest absolute Gasteiger partial charge is 0.230 e. The van der Waals surface area contributed by atoms with Crippen molar-refractivity contribution in [3.05, 3.63) is 23.4 Å². The topological polar surface area (TPSA) is 42.0 Å². The Labute approximate surface area is 129 Å². The Morgan fingerprint density at radius 2 is 2.25 bits per heavy atom. The molecule has 1 aromatic rings. The molecule has 3 nitrogen and oxygen atoms in total. The van der Waals surface area contributed by atoms with Gasteiger partial charge in [0.15, 0.2) is 0 Å². The number of pyridine rings is 1. The van der Waals surface area contributed by atoms with Crippen molar-refractivity contribution in [2.24, 2.45) is 11.8 Å². The first-order chi connectivity index (χ1) is 9.56. The van der Waals surface area contributed by atoms with E-state index in [9.17, 15) is 4.79 Å². The van der Waals surface area contributed by atoms with E-state index in [1.54, 1.807) is 12.3 Å². The predicted molar refractivity (Wildman–Crippen MR) is 84.1 cm³/mol. The van der Waals surface area contributed by atoms with Gasteiger partial charge in [-0.1, -0.05) is 50.1 Å². The molecule has 0 saturated heterocycles. The lowest BCUT2D eigenvalue weighted by Crippen LogP contribution is -2.44. The summed E-state index contributed by atoms with van der Waals surface area (Å²) in [5.74, 6) is 1.76. The van der Waals surface area contributed by atoms with Crippen LogP contribution in [0, 0.1) is 11.8 Å². The normalized spacial score (nSPS) is 26.2. The highest BCUT2D eigenvalue weighted by molar-refractivity contribution is 7.99. The van der Waals surface area contributed by atoms with Gasteiger partial charge in [0, 0.05) is 12.2 Å². The van der Waals surface area contributed by atoms with E-state index in [4.69, 9.17) is 11.6 Å². The minimum atomic E-state index is 0.0951. The first-order valence-corrected chi connectivity index (χ1v) is 8.46. The number of hydrogen-bond donors (Lipinski definition) is 1. The van der Waals surface area contributed by atoms with Gasteiger partial charge in [-0.3, -0.25) is 4.79 Å². The maximum Gasteiger partial charge on any atom is 0.230 e. The van der Waals surface area contributed by atoms with E-state index in [1.165, 1.54) is 24.6 Å². The molecule has 1 amide bonds. The van der Waals surface area contributed by atoms with Crippen LogP contribution in [0.1, 0.15) is 33.1 Å². The fourth-order valence-electron chi connectivity index (χ4n) is 2.62. The Morgan fingerprint density at radius 1 is 1.45 bits per heavy atom. The number of rotatable bonds is 4. The maximum atomic E-state index is 12.0. The van der Waals surface area contributed by atoms with Crippen LogP contribution in [0.2, 0.25) is 5.02 Å². The minimum absolute atomic E-state index is 0.0951. The van der Waals surface area contributed by atoms with E-state index in [0.29, 0.717) is 28.7 Å². The molecule has 1 N–H and O–H groups in total. The monoisotopic (exact) mass is 312 g/mol. The molecule has 0 bridgehead atoms. The molecule has 0 spiro atoms. The second-order valence-corrected chi connectivity index (χ2v) is 6.98. The molecule has 5 heteroatoms. The number of nitrogens with one attached hydrogen (secondary N) is 1. The molecule has 0 aliphatic heterocycles. The summed E-state index contributed by atoms with van der Waals surface area (Å²) in [6.45, 7) is 4.51. The molecule has 3 unspecified atom stereocenters. The molecular formula is C15H21ClN2OS. The van der Waals surface area contributed by atoms with Crippen molar-refractivity contribution < 1.29 is 4.79 Å². The fourth-order valence-corrected chi connectivity index (χ4v) is 3.39. The molecule has 1 heterocycles. The summed E-state index contributed by atoms with van der Waals surface area (Å²) in [5.41, 5.74) is 0. The molecule has 1 aromatic heterocycles. The van der Waals surface area contributed by atoms with Crippen molar-refractivity contribution in [3.8, 4) is 0 Å². The number of amides is 1. The Bertz CT molecular complexity index is 452. The molecule has 2 rings (SSSR count). The van der Waals surface area contributed by atoms with Crippen molar-refractivity contribution in [3.63, 3.8) is 0 Å². The summed E-state index contributed by atoms with van der Waals surface area (Å²) in [7, 11) is 0. The third kappa shape index (κ3) is 4.38. The second kappa shape index (κ2) is 7.32. The highest BCUT2D eigenvalue weighted by atomic mass is 35.5. The number of hydrogen-bond acceptors (Lipinski definition) is 3. The molecule has 1 fully saturated rings. The van der Waals surface area contributed by atoms with Crippen LogP contribution < -0.4 is 5.32 Å². The lowest BCUT2D eigenvalue weighted by Gasteiger charge is -2.34. The van der Waals surface area contributed by atoms with E-state index in [2.05, 4.69) is 24.1 Å². The van der Waals surface area contributed by atoms with Crippen molar-refractivity contribution in [2.45, 2.75) is 44.2 Å². The van der Waals surface area contributed by atoms with Gasteiger partial charge in [-0.15, -0.1) is 0 Å². The van der Waals surface area contributed by atoms with Gasteiger partial charge in [0.25, 0.3) is 0 Å². The van der Waals surface area contributed by atoms with Crippen LogP contribution in [-0.2, 0) is 4.79 Å². The molecule has 1 aliphatic rings. The summed E-state index contributed by atoms with van der Waals surface area (Å²) in [4.78, 5) is 16.2. The zero-order chi connectivity index (χ0) is 14.5. The Morgan fingerprint density at radius 3 is 2.95 bits per heavy atom. The van der Waals surface area contributed by atoms with Crippen LogP contribution >= 0.6 is 23.4 Å². The molecule has 110 valence electrons. The number of nitrogens with zero attached hydrogens (tertiary/aromatic N) is 1. The minimum Gasteiger partial charge on any atom is -0.352 e. The zero-order valence-corrected chi connectivity index (χ0v) is 13.5. The Kier molecular flexibility index (Phi) is 5.73. The third-order valence-corrected chi connectivity index (χ3v) is 5.27. The van der Waals surface area contributed by atoms with Crippen molar-refractivity contribution in [1.29, 1.82) is 0 Å². The van der Waals surface area contributed by atoms with E-state index < -0.39 is 0 Å². The molecule has 1 saturated carbocycles. The lowest BCUT2D eigenvalue weighted by atomic mass is 9.78. The highest BCUT2D eigenvalue weighted by Crippen LogP contribution is 2.29. The molecule has 1 aliphatic carbocycles. The lowest BCUT2D eigenvalue weighted by molar-refractivity contribution is -0.119. The third-order valence-electron chi connectivity index (χ3n) is 4.10. The van der Waals surface area contributed by atoms with Crippen LogP contribution in [0.3, 0.4) is 0 Å². The zero-order valence-electron chi connectivity index (χ0n) is 11.9. The van der Waals surface area contributed by atoms with Crippen molar-refractivity contribution in [1.82, 2.24) is 10.3 Å². The van der Waals surface area contributed by atoms with Gasteiger partial charge in [-0.05, 0) is 30.4 Å². The van der Waals surface area contributed by atoms with Crippen molar-refractivity contribution in [2.75, 3.05) is 5.75 Å². The number of carbonyl (C=O) groups excluding carboxylic acids is 1. The Hall–Kier alpha value is -0.740. The number of carbonyl (C=O) groups is 1. The van der Waals surface area contributed by atoms with Gasteiger partial charge in [0.1, 0.15) is 0 Å². The molecule has 0 aromatic carbocycles. The van der Waals surface area contributed by atoms with Crippen LogP contribution in [-0.4, -0.2) is 22.7 Å². The first kappa shape index (κ1) is 15.6. The summed E-state index contributed by atoms with van der Waals surface area (Å²) in [6, 6.07) is 3.95. The van der Waals surface area contributed by atoms with E-state index >= 15 is 0 Å². The number of aromatic nitrogens is 1. The maximum absolute atomic E-state index is 12.0. The van der Waals surface area contributed by atoms with Crippen LogP contribution in [0.5, 0.6) is 0 Å². The average molecular weight is 313 g/mol. The summed E-state index contributed by atoms with van der Waals surface area (Å²) < 4.78 is 0. The average Bonchev–Trinajstić information content (AvgIpc) is 2.43. The SMILES string of the molecule is CC1CCCC(NC(=O)CSc2ccc(Cl)cn2)C1C. The van der Waals surface area contributed by atoms with E-state index in [-0.39, 0.29) is 5.91 Å². The standard InChI is InChI=1S/C15H21ClN2OS/c1-10-4-3-5-13(11(10)2)18-14(19)9-20-15-7-6-12(16)8-17-15/h6-8,10-11,13H,3-5,9H2,1-2H3,(H,18,19). The molecule has 3 atom stereocenters. The second-order valence-electron chi connectivity index (χ2n) is 5.54. The highest BCUT2D eigenvalue weighted by Gasteiger charge is 2.27. The molecular weight excluding hydrogens is 292 g/mol. The van der Waals surface area contributed by atoms with Crippen LogP contribution in [0.4, 0.5) is 0 Å². The van der Waals surface area contributed by atoms with Crippen LogP contribution in [0.25, 0.3) is 0 Å². The van der Waals surface area contributed by atoms with Gasteiger partial charge >= 0.3 is 0 Å². The summed E-state index contributed by atoms with van der Waals surface area (Å²) >= 11 is 7.23. The molecule has 0 radical (unpaired) electrons. The van der Waals surface area contributed by atoms with Gasteiger partial charge in [-0.2, -0.15) is 0 Å². The fraction of sp³-hybridized carbons (Fsp3) is 0.600. The first-order valence-electron chi connectivity index (χ1n) is 7.10. The summed E-state index contributed by atoms with van der Waals surface area (Å²) in [5, 5.41) is 4.61.